The number of nitrogens with zero attached hydrogens (tertiary/aromatic N) is 2. The van der Waals surface area contributed by atoms with Crippen LogP contribution in [0.15, 0.2) is 4.99 Å². The number of methoxy groups -OCH3 is 1. The fraction of sp³-hybridized carbons (Fsp3) is 0.944. The largest absolute Gasteiger partial charge is 0.385 e. The molecule has 0 saturated heterocycles. The minimum Gasteiger partial charge on any atom is -0.385 e. The normalized spacial score (nSPS) is 18.6. The molecule has 1 saturated carbocycles. The van der Waals surface area contributed by atoms with Gasteiger partial charge in [0.2, 0.25) is 0 Å². The van der Waals surface area contributed by atoms with Crippen molar-refractivity contribution in [3.63, 3.8) is 0 Å². The third-order valence-corrected chi connectivity index (χ3v) is 5.27. The summed E-state index contributed by atoms with van der Waals surface area (Å²) in [4.78, 5) is 7.23. The van der Waals surface area contributed by atoms with Gasteiger partial charge in [-0.05, 0) is 52.0 Å². The fourth-order valence-corrected chi connectivity index (χ4v) is 2.95. The molecule has 1 rings (SSSR count). The number of ether oxygens (including phenoxy) is 1. The first-order valence-corrected chi connectivity index (χ1v) is 9.28. The summed E-state index contributed by atoms with van der Waals surface area (Å²) in [5, 5.41) is 6.84. The van der Waals surface area contributed by atoms with E-state index in [0.717, 1.165) is 45.2 Å². The minimum atomic E-state index is 0.381. The zero-order valence-corrected chi connectivity index (χ0v) is 16.0. The molecule has 23 heavy (non-hydrogen) atoms. The van der Waals surface area contributed by atoms with E-state index in [1.807, 2.05) is 0 Å². The van der Waals surface area contributed by atoms with Crippen LogP contribution in [0.3, 0.4) is 0 Å². The Balaban J connectivity index is 2.43. The van der Waals surface area contributed by atoms with E-state index in [1.54, 1.807) is 7.11 Å². The van der Waals surface area contributed by atoms with Crippen molar-refractivity contribution in [1.29, 1.82) is 0 Å². The first-order chi connectivity index (χ1) is 11.1. The number of hydrogen-bond acceptors (Lipinski definition) is 3. The Hall–Kier alpha value is -0.810. The van der Waals surface area contributed by atoms with E-state index in [9.17, 15) is 0 Å². The molecule has 0 spiro atoms. The molecule has 0 aliphatic heterocycles. The summed E-state index contributed by atoms with van der Waals surface area (Å²) in [5.74, 6) is 0.953. The van der Waals surface area contributed by atoms with Crippen molar-refractivity contribution in [3.8, 4) is 0 Å². The number of nitrogens with one attached hydrogen (secondary N) is 2. The highest BCUT2D eigenvalue weighted by Crippen LogP contribution is 2.44. The van der Waals surface area contributed by atoms with Gasteiger partial charge in [0.25, 0.3) is 0 Å². The molecule has 1 aliphatic rings. The zero-order valence-electron chi connectivity index (χ0n) is 16.0. The van der Waals surface area contributed by atoms with Gasteiger partial charge < -0.3 is 20.3 Å². The quantitative estimate of drug-likeness (QED) is 0.452. The van der Waals surface area contributed by atoms with Gasteiger partial charge in [0.05, 0.1) is 0 Å². The smallest absolute Gasteiger partial charge is 0.191 e. The SMILES string of the molecule is CCNC(=NCC1(CCOC)CCC1)NCCN(C)C(C)CC. The van der Waals surface area contributed by atoms with Gasteiger partial charge in [-0.2, -0.15) is 0 Å². The summed E-state index contributed by atoms with van der Waals surface area (Å²) in [7, 11) is 3.98. The highest BCUT2D eigenvalue weighted by atomic mass is 16.5. The number of guanidine groups is 1. The fourth-order valence-electron chi connectivity index (χ4n) is 2.95. The lowest BCUT2D eigenvalue weighted by Crippen LogP contribution is -2.43. The lowest BCUT2D eigenvalue weighted by atomic mass is 9.67. The van der Waals surface area contributed by atoms with E-state index < -0.39 is 0 Å². The summed E-state index contributed by atoms with van der Waals surface area (Å²) in [6.45, 7) is 11.2. The van der Waals surface area contributed by atoms with Gasteiger partial charge in [-0.1, -0.05) is 13.3 Å². The van der Waals surface area contributed by atoms with E-state index in [4.69, 9.17) is 9.73 Å². The number of aliphatic imine (C=N–C) groups is 1. The van der Waals surface area contributed by atoms with E-state index >= 15 is 0 Å². The molecule has 0 aromatic rings. The Labute approximate surface area is 143 Å². The van der Waals surface area contributed by atoms with Crippen LogP contribution in [0.2, 0.25) is 0 Å². The third kappa shape index (κ3) is 7.08. The van der Waals surface area contributed by atoms with E-state index in [-0.39, 0.29) is 0 Å². The van der Waals surface area contributed by atoms with Gasteiger partial charge in [0.15, 0.2) is 5.96 Å². The molecular formula is C18H38N4O. The van der Waals surface area contributed by atoms with Crippen LogP contribution in [0.5, 0.6) is 0 Å². The molecule has 0 radical (unpaired) electrons. The number of likely N-dealkylation sites (N-methyl/N-ethyl adjacent to an activating group) is 1. The maximum absolute atomic E-state index is 5.27. The Kier molecular flexibility index (Phi) is 9.56. The van der Waals surface area contributed by atoms with Crippen LogP contribution in [-0.4, -0.2) is 63.8 Å². The average molecular weight is 327 g/mol. The molecule has 1 fully saturated rings. The van der Waals surface area contributed by atoms with Crippen molar-refractivity contribution in [2.24, 2.45) is 10.4 Å². The monoisotopic (exact) mass is 326 g/mol. The minimum absolute atomic E-state index is 0.381. The molecule has 1 atom stereocenters. The summed E-state index contributed by atoms with van der Waals surface area (Å²) < 4.78 is 5.27. The van der Waals surface area contributed by atoms with Gasteiger partial charge in [-0.3, -0.25) is 4.99 Å². The van der Waals surface area contributed by atoms with Crippen LogP contribution in [0.1, 0.15) is 52.9 Å². The predicted molar refractivity (Wildman–Crippen MR) is 99.1 cm³/mol. The van der Waals surface area contributed by atoms with Gasteiger partial charge in [-0.25, -0.2) is 0 Å². The molecule has 1 unspecified atom stereocenters. The van der Waals surface area contributed by atoms with Crippen LogP contribution >= 0.6 is 0 Å². The Morgan fingerprint density at radius 3 is 2.57 bits per heavy atom. The maximum atomic E-state index is 5.27. The third-order valence-electron chi connectivity index (χ3n) is 5.27. The first kappa shape index (κ1) is 20.2. The lowest BCUT2D eigenvalue weighted by molar-refractivity contribution is 0.0778. The molecule has 136 valence electrons. The van der Waals surface area contributed by atoms with E-state index in [0.29, 0.717) is 11.5 Å². The van der Waals surface area contributed by atoms with Crippen molar-refractivity contribution in [1.82, 2.24) is 15.5 Å². The van der Waals surface area contributed by atoms with Crippen molar-refractivity contribution in [2.75, 3.05) is 46.9 Å². The van der Waals surface area contributed by atoms with Crippen molar-refractivity contribution < 1.29 is 4.74 Å². The summed E-state index contributed by atoms with van der Waals surface area (Å²) in [5.41, 5.74) is 0.381. The lowest BCUT2D eigenvalue weighted by Gasteiger charge is -2.40. The van der Waals surface area contributed by atoms with E-state index in [2.05, 4.69) is 43.4 Å². The van der Waals surface area contributed by atoms with Crippen LogP contribution in [0.4, 0.5) is 0 Å². The Bertz CT molecular complexity index is 342. The van der Waals surface area contributed by atoms with Crippen LogP contribution in [-0.2, 0) is 4.74 Å². The second kappa shape index (κ2) is 10.9. The predicted octanol–water partition coefficient (Wildman–Crippen LogP) is 2.48. The van der Waals surface area contributed by atoms with Crippen LogP contribution < -0.4 is 10.6 Å². The average Bonchev–Trinajstić information content (AvgIpc) is 2.52. The van der Waals surface area contributed by atoms with Gasteiger partial charge in [0, 0.05) is 45.9 Å². The maximum Gasteiger partial charge on any atom is 0.191 e. The summed E-state index contributed by atoms with van der Waals surface area (Å²) >= 11 is 0. The standard InChI is InChI=1S/C18H38N4O/c1-6-16(3)22(4)13-12-20-17(19-7-2)21-15-18(9-8-10-18)11-14-23-5/h16H,6-15H2,1-5H3,(H2,19,20,21). The Morgan fingerprint density at radius 1 is 1.30 bits per heavy atom. The van der Waals surface area contributed by atoms with Gasteiger partial charge >= 0.3 is 0 Å². The molecule has 1 aliphatic carbocycles. The number of rotatable bonds is 11. The molecule has 0 aromatic heterocycles. The van der Waals surface area contributed by atoms with E-state index in [1.165, 1.54) is 25.7 Å². The molecule has 5 heteroatoms. The zero-order chi connectivity index (χ0) is 17.1. The van der Waals surface area contributed by atoms with Crippen LogP contribution in [0.25, 0.3) is 0 Å². The molecule has 0 heterocycles. The summed E-state index contributed by atoms with van der Waals surface area (Å²) in [6.07, 6.45) is 6.23. The van der Waals surface area contributed by atoms with Crippen LogP contribution in [0, 0.1) is 5.41 Å². The second-order valence-electron chi connectivity index (χ2n) is 6.96. The molecule has 0 bridgehead atoms. The summed E-state index contributed by atoms with van der Waals surface area (Å²) in [6, 6.07) is 0.628. The molecule has 0 amide bonds. The van der Waals surface area contributed by atoms with Gasteiger partial charge in [-0.15, -0.1) is 0 Å². The van der Waals surface area contributed by atoms with Crippen molar-refractivity contribution in [3.05, 3.63) is 0 Å². The molecular weight excluding hydrogens is 288 g/mol. The first-order valence-electron chi connectivity index (χ1n) is 9.28. The van der Waals surface area contributed by atoms with Crippen molar-refractivity contribution in [2.45, 2.75) is 58.9 Å². The van der Waals surface area contributed by atoms with Gasteiger partial charge in [0.1, 0.15) is 0 Å². The molecule has 2 N–H and O–H groups in total. The highest BCUT2D eigenvalue weighted by Gasteiger charge is 2.36. The van der Waals surface area contributed by atoms with Crippen molar-refractivity contribution >= 4 is 5.96 Å². The molecule has 5 nitrogen and oxygen atoms in total. The highest BCUT2D eigenvalue weighted by molar-refractivity contribution is 5.79. The molecule has 0 aromatic carbocycles. The number of hydrogen-bond donors (Lipinski definition) is 2. The topological polar surface area (TPSA) is 48.9 Å². The Morgan fingerprint density at radius 2 is 2.04 bits per heavy atom. The second-order valence-corrected chi connectivity index (χ2v) is 6.96.